The molecular weight excluding hydrogens is 408 g/mol. The lowest BCUT2D eigenvalue weighted by Crippen LogP contribution is -2.43. The summed E-state index contributed by atoms with van der Waals surface area (Å²) >= 11 is 0. The first-order valence-corrected chi connectivity index (χ1v) is 11.8. The molecule has 0 spiro atoms. The Balaban J connectivity index is 1.51. The Hall–Kier alpha value is -2.96. The van der Waals surface area contributed by atoms with E-state index in [4.69, 9.17) is 4.98 Å². The minimum Gasteiger partial charge on any atom is -0.324 e. The predicted octanol–water partition coefficient (Wildman–Crippen LogP) is 5.21. The summed E-state index contributed by atoms with van der Waals surface area (Å²) in [6, 6.07) is 19.0. The summed E-state index contributed by atoms with van der Waals surface area (Å²) in [5, 5.41) is 3.40. The average Bonchev–Trinajstić information content (AvgIpc) is 2.79. The van der Waals surface area contributed by atoms with Crippen molar-refractivity contribution in [3.8, 4) is 0 Å². The summed E-state index contributed by atoms with van der Waals surface area (Å²) in [5.74, 6) is 1.52. The largest absolute Gasteiger partial charge is 0.324 e. The zero-order valence-electron chi connectivity index (χ0n) is 20.5. The van der Waals surface area contributed by atoms with Crippen LogP contribution in [0.25, 0.3) is 0 Å². The third kappa shape index (κ3) is 5.89. The fourth-order valence-electron chi connectivity index (χ4n) is 4.21. The van der Waals surface area contributed by atoms with E-state index in [1.807, 2.05) is 12.3 Å². The van der Waals surface area contributed by atoms with Gasteiger partial charge in [0.1, 0.15) is 5.82 Å². The minimum absolute atomic E-state index is 0.136. The number of anilines is 4. The average molecular weight is 445 g/mol. The van der Waals surface area contributed by atoms with Crippen molar-refractivity contribution in [3.63, 3.8) is 0 Å². The summed E-state index contributed by atoms with van der Waals surface area (Å²) in [6.45, 7) is 14.2. The van der Waals surface area contributed by atoms with Crippen molar-refractivity contribution >= 4 is 23.1 Å². The monoisotopic (exact) mass is 444 g/mol. The first-order valence-electron chi connectivity index (χ1n) is 11.8. The molecule has 0 saturated carbocycles. The van der Waals surface area contributed by atoms with Crippen molar-refractivity contribution in [3.05, 3.63) is 71.9 Å². The molecule has 1 fully saturated rings. The molecule has 0 bridgehead atoms. The quantitative estimate of drug-likeness (QED) is 0.563. The van der Waals surface area contributed by atoms with Gasteiger partial charge in [0.05, 0.1) is 0 Å². The summed E-state index contributed by atoms with van der Waals surface area (Å²) in [7, 11) is 2.19. The fraction of sp³-hybridized carbons (Fsp3) is 0.407. The Kier molecular flexibility index (Phi) is 6.96. The molecule has 0 amide bonds. The van der Waals surface area contributed by atoms with E-state index < -0.39 is 0 Å². The number of aryl methyl sites for hydroxylation is 1. The predicted molar refractivity (Wildman–Crippen MR) is 138 cm³/mol. The Morgan fingerprint density at radius 1 is 0.939 bits per heavy atom. The molecule has 1 N–H and O–H groups in total. The van der Waals surface area contributed by atoms with Gasteiger partial charge < -0.3 is 15.1 Å². The van der Waals surface area contributed by atoms with Crippen molar-refractivity contribution in [2.45, 2.75) is 39.8 Å². The maximum Gasteiger partial charge on any atom is 0.229 e. The molecule has 1 aliphatic rings. The van der Waals surface area contributed by atoms with Crippen molar-refractivity contribution in [2.75, 3.05) is 43.4 Å². The van der Waals surface area contributed by atoms with Crippen LogP contribution in [0.3, 0.4) is 0 Å². The number of nitrogens with one attached hydrogen (secondary N) is 1. The van der Waals surface area contributed by atoms with Crippen molar-refractivity contribution in [1.29, 1.82) is 0 Å². The second kappa shape index (κ2) is 9.89. The zero-order chi connectivity index (χ0) is 23.4. The van der Waals surface area contributed by atoms with Crippen LogP contribution in [0.1, 0.15) is 31.9 Å². The zero-order valence-corrected chi connectivity index (χ0v) is 20.5. The molecular formula is C27H36N6. The lowest BCUT2D eigenvalue weighted by Gasteiger charge is -2.37. The van der Waals surface area contributed by atoms with Gasteiger partial charge in [-0.1, -0.05) is 30.3 Å². The normalized spacial score (nSPS) is 15.4. The molecule has 4 rings (SSSR count). The molecule has 1 aliphatic heterocycles. The van der Waals surface area contributed by atoms with Crippen LogP contribution in [0, 0.1) is 6.92 Å². The van der Waals surface area contributed by atoms with E-state index in [-0.39, 0.29) is 5.54 Å². The lowest BCUT2D eigenvalue weighted by atomic mass is 10.0. The van der Waals surface area contributed by atoms with Gasteiger partial charge in [0.2, 0.25) is 5.95 Å². The van der Waals surface area contributed by atoms with Gasteiger partial charge in [-0.05, 0) is 64.6 Å². The summed E-state index contributed by atoms with van der Waals surface area (Å²) in [4.78, 5) is 16.7. The third-order valence-corrected chi connectivity index (χ3v) is 6.05. The highest BCUT2D eigenvalue weighted by Crippen LogP contribution is 2.34. The van der Waals surface area contributed by atoms with Crippen LogP contribution < -0.4 is 10.2 Å². The van der Waals surface area contributed by atoms with Crippen LogP contribution in [0.4, 0.5) is 23.1 Å². The van der Waals surface area contributed by atoms with Gasteiger partial charge in [0.15, 0.2) is 0 Å². The van der Waals surface area contributed by atoms with E-state index in [0.29, 0.717) is 5.95 Å². The maximum absolute atomic E-state index is 4.92. The lowest BCUT2D eigenvalue weighted by molar-refractivity contribution is 0.148. The molecule has 0 radical (unpaired) electrons. The Bertz CT molecular complexity index is 1030. The Labute approximate surface area is 198 Å². The summed E-state index contributed by atoms with van der Waals surface area (Å²) < 4.78 is 0. The molecule has 0 aliphatic carbocycles. The smallest absolute Gasteiger partial charge is 0.229 e. The number of rotatable bonds is 6. The standard InChI is InChI=1S/C27H36N6/c1-21-19-28-26(30-25(21)33(27(2,3)4)24-9-7-6-8-10-24)29-23-13-11-22(12-14-23)20-32-17-15-31(5)16-18-32/h6-14,19H,15-18,20H2,1-5H3,(H,28,29,30). The fourth-order valence-corrected chi connectivity index (χ4v) is 4.21. The van der Waals surface area contributed by atoms with E-state index >= 15 is 0 Å². The minimum atomic E-state index is -0.136. The number of piperazine rings is 1. The van der Waals surface area contributed by atoms with Gasteiger partial charge in [-0.15, -0.1) is 0 Å². The maximum atomic E-state index is 4.92. The van der Waals surface area contributed by atoms with Gasteiger partial charge >= 0.3 is 0 Å². The molecule has 2 aromatic carbocycles. The molecule has 0 atom stereocenters. The van der Waals surface area contributed by atoms with E-state index in [1.54, 1.807) is 0 Å². The van der Waals surface area contributed by atoms with Crippen LogP contribution in [-0.4, -0.2) is 58.5 Å². The van der Waals surface area contributed by atoms with E-state index in [2.05, 4.69) is 108 Å². The van der Waals surface area contributed by atoms with E-state index in [1.165, 1.54) is 5.56 Å². The summed E-state index contributed by atoms with van der Waals surface area (Å²) in [5.41, 5.74) is 4.35. The number of likely N-dealkylation sites (N-methyl/N-ethyl adjacent to an activating group) is 1. The van der Waals surface area contributed by atoms with Crippen molar-refractivity contribution in [2.24, 2.45) is 0 Å². The highest BCUT2D eigenvalue weighted by atomic mass is 15.3. The van der Waals surface area contributed by atoms with E-state index in [9.17, 15) is 0 Å². The number of hydrogen-bond acceptors (Lipinski definition) is 6. The van der Waals surface area contributed by atoms with Crippen molar-refractivity contribution in [1.82, 2.24) is 19.8 Å². The second-order valence-electron chi connectivity index (χ2n) is 9.94. The van der Waals surface area contributed by atoms with Crippen LogP contribution >= 0.6 is 0 Å². The summed E-state index contributed by atoms with van der Waals surface area (Å²) in [6.07, 6.45) is 1.90. The molecule has 1 aromatic heterocycles. The first-order chi connectivity index (χ1) is 15.8. The molecule has 1 saturated heterocycles. The van der Waals surface area contributed by atoms with Crippen LogP contribution in [0.2, 0.25) is 0 Å². The second-order valence-corrected chi connectivity index (χ2v) is 9.94. The molecule has 2 heterocycles. The number of nitrogens with zero attached hydrogens (tertiary/aromatic N) is 5. The van der Waals surface area contributed by atoms with Crippen LogP contribution in [0.15, 0.2) is 60.8 Å². The molecule has 3 aromatic rings. The number of benzene rings is 2. The van der Waals surface area contributed by atoms with Gasteiger partial charge in [0.25, 0.3) is 0 Å². The molecule has 6 heteroatoms. The first kappa shape index (κ1) is 23.2. The highest BCUT2D eigenvalue weighted by Gasteiger charge is 2.26. The molecule has 6 nitrogen and oxygen atoms in total. The van der Waals surface area contributed by atoms with Crippen molar-refractivity contribution < 1.29 is 0 Å². The molecule has 0 unspecified atom stereocenters. The molecule has 33 heavy (non-hydrogen) atoms. The Morgan fingerprint density at radius 2 is 1.61 bits per heavy atom. The number of para-hydroxylation sites is 1. The van der Waals surface area contributed by atoms with Gasteiger partial charge in [-0.25, -0.2) is 4.98 Å². The molecule has 174 valence electrons. The van der Waals surface area contributed by atoms with Crippen LogP contribution in [0.5, 0.6) is 0 Å². The SMILES string of the molecule is Cc1cnc(Nc2ccc(CN3CCN(C)CC3)cc2)nc1N(c1ccccc1)C(C)(C)C. The van der Waals surface area contributed by atoms with Crippen LogP contribution in [-0.2, 0) is 6.54 Å². The Morgan fingerprint density at radius 3 is 2.24 bits per heavy atom. The van der Waals surface area contributed by atoms with Gasteiger partial charge in [0, 0.05) is 61.4 Å². The van der Waals surface area contributed by atoms with Gasteiger partial charge in [-0.2, -0.15) is 4.98 Å². The third-order valence-electron chi connectivity index (χ3n) is 6.05. The van der Waals surface area contributed by atoms with Gasteiger partial charge in [-0.3, -0.25) is 4.90 Å². The number of aromatic nitrogens is 2. The van der Waals surface area contributed by atoms with E-state index in [0.717, 1.165) is 55.5 Å². The highest BCUT2D eigenvalue weighted by molar-refractivity contribution is 5.66. The number of hydrogen-bond donors (Lipinski definition) is 1. The topological polar surface area (TPSA) is 47.5 Å².